The Morgan fingerprint density at radius 3 is 2.48 bits per heavy atom. The van der Waals surface area contributed by atoms with Crippen LogP contribution in [0.15, 0.2) is 81.1 Å². The molecule has 3 aromatic rings. The van der Waals surface area contributed by atoms with E-state index in [0.717, 1.165) is 11.1 Å². The number of benzene rings is 2. The van der Waals surface area contributed by atoms with Gasteiger partial charge in [-0.15, -0.1) is 0 Å². The number of hydrazone groups is 1. The number of nitrogens with one attached hydrogen (secondary N) is 1. The molecule has 1 heterocycles. The molecule has 0 bridgehead atoms. The molecule has 2 aromatic carbocycles. The molecule has 7 heteroatoms. The van der Waals surface area contributed by atoms with E-state index in [1.807, 2.05) is 31.2 Å². The van der Waals surface area contributed by atoms with E-state index < -0.39 is 15.7 Å². The van der Waals surface area contributed by atoms with E-state index >= 15 is 0 Å². The zero-order valence-corrected chi connectivity index (χ0v) is 15.4. The summed E-state index contributed by atoms with van der Waals surface area (Å²) < 4.78 is 30.1. The maximum absolute atomic E-state index is 12.4. The van der Waals surface area contributed by atoms with Gasteiger partial charge in [-0.3, -0.25) is 4.79 Å². The van der Waals surface area contributed by atoms with Crippen molar-refractivity contribution in [1.82, 2.24) is 5.43 Å². The third-order valence-corrected chi connectivity index (χ3v) is 5.53. The molecule has 1 aromatic heterocycles. The second-order valence-electron chi connectivity index (χ2n) is 5.89. The number of carbonyl (C=O) groups excluding carboxylic acids is 1. The molecule has 0 saturated heterocycles. The van der Waals surface area contributed by atoms with Gasteiger partial charge in [0.05, 0.1) is 11.1 Å². The second kappa shape index (κ2) is 8.01. The number of hydrogen-bond donors (Lipinski definition) is 1. The average Bonchev–Trinajstić information content (AvgIpc) is 3.12. The van der Waals surface area contributed by atoms with Crippen LogP contribution >= 0.6 is 0 Å². The Bertz CT molecular complexity index is 1070. The van der Waals surface area contributed by atoms with Crippen molar-refractivity contribution in [3.05, 3.63) is 89.4 Å². The molecule has 0 aliphatic heterocycles. The lowest BCUT2D eigenvalue weighted by Gasteiger charge is -2.02. The van der Waals surface area contributed by atoms with E-state index in [4.69, 9.17) is 4.42 Å². The van der Waals surface area contributed by atoms with Crippen LogP contribution in [-0.4, -0.2) is 20.5 Å². The predicted molar refractivity (Wildman–Crippen MR) is 102 cm³/mol. The predicted octanol–water partition coefficient (Wildman–Crippen LogP) is 3.33. The number of carbonyl (C=O) groups is 1. The summed E-state index contributed by atoms with van der Waals surface area (Å²) in [4.78, 5) is 12.3. The third-order valence-electron chi connectivity index (χ3n) is 3.88. The van der Waals surface area contributed by atoms with Crippen molar-refractivity contribution in [3.63, 3.8) is 0 Å². The molecule has 0 aliphatic rings. The molecule has 0 spiro atoms. The normalized spacial score (nSPS) is 11.6. The summed E-state index contributed by atoms with van der Waals surface area (Å²) in [6, 6.07) is 18.6. The first-order valence-corrected chi connectivity index (χ1v) is 9.86. The van der Waals surface area contributed by atoms with Crippen molar-refractivity contribution < 1.29 is 17.6 Å². The van der Waals surface area contributed by atoms with Crippen molar-refractivity contribution in [3.8, 4) is 0 Å². The number of sulfone groups is 1. The zero-order valence-electron chi connectivity index (χ0n) is 14.6. The summed E-state index contributed by atoms with van der Waals surface area (Å²) in [6.45, 7) is 1.94. The maximum atomic E-state index is 12.4. The van der Waals surface area contributed by atoms with Gasteiger partial charge in [0.2, 0.25) is 0 Å². The Balaban J connectivity index is 1.65. The van der Waals surface area contributed by atoms with Crippen LogP contribution in [0, 0.1) is 6.92 Å². The first kappa shape index (κ1) is 18.6. The van der Waals surface area contributed by atoms with Crippen LogP contribution in [0.1, 0.15) is 27.4 Å². The number of aryl methyl sites for hydroxylation is 1. The highest BCUT2D eigenvalue weighted by atomic mass is 32.2. The van der Waals surface area contributed by atoms with E-state index in [9.17, 15) is 13.2 Å². The van der Waals surface area contributed by atoms with Crippen LogP contribution in [0.5, 0.6) is 0 Å². The average molecular weight is 382 g/mol. The number of amides is 1. The van der Waals surface area contributed by atoms with Gasteiger partial charge in [0.25, 0.3) is 0 Å². The Kier molecular flexibility index (Phi) is 5.52. The summed E-state index contributed by atoms with van der Waals surface area (Å²) >= 11 is 0. The van der Waals surface area contributed by atoms with Gasteiger partial charge >= 0.3 is 5.91 Å². The topological polar surface area (TPSA) is 88.7 Å². The van der Waals surface area contributed by atoms with Gasteiger partial charge in [0.15, 0.2) is 15.6 Å². The lowest BCUT2D eigenvalue weighted by molar-refractivity contribution is 0.0926. The molecule has 1 N–H and O–H groups in total. The van der Waals surface area contributed by atoms with E-state index in [1.165, 1.54) is 30.5 Å². The highest BCUT2D eigenvalue weighted by Crippen LogP contribution is 2.18. The van der Waals surface area contributed by atoms with E-state index in [0.29, 0.717) is 0 Å². The number of rotatable bonds is 6. The Hall–Kier alpha value is -3.19. The SMILES string of the molecule is Cc1ccccc1/C=N\NC(=O)c1ccc(CS(=O)(=O)c2ccccc2)o1. The fraction of sp³-hybridized carbons (Fsp3) is 0.100. The Labute approximate surface area is 157 Å². The van der Waals surface area contributed by atoms with Crippen LogP contribution in [0.2, 0.25) is 0 Å². The summed E-state index contributed by atoms with van der Waals surface area (Å²) in [5.74, 6) is -0.693. The minimum atomic E-state index is -3.54. The third kappa shape index (κ3) is 4.71. The van der Waals surface area contributed by atoms with Crippen molar-refractivity contribution in [1.29, 1.82) is 0 Å². The molecule has 0 unspecified atom stereocenters. The molecule has 6 nitrogen and oxygen atoms in total. The van der Waals surface area contributed by atoms with Crippen molar-refractivity contribution >= 4 is 22.0 Å². The van der Waals surface area contributed by atoms with Gasteiger partial charge in [0, 0.05) is 0 Å². The molecule has 0 atom stereocenters. The van der Waals surface area contributed by atoms with E-state index in [-0.39, 0.29) is 22.2 Å². The smallest absolute Gasteiger partial charge is 0.307 e. The van der Waals surface area contributed by atoms with Gasteiger partial charge in [-0.05, 0) is 42.3 Å². The van der Waals surface area contributed by atoms with Crippen LogP contribution in [0.25, 0.3) is 0 Å². The molecule has 0 radical (unpaired) electrons. The monoisotopic (exact) mass is 382 g/mol. The first-order valence-electron chi connectivity index (χ1n) is 8.21. The minimum absolute atomic E-state index is 0.00445. The molecule has 3 rings (SSSR count). The fourth-order valence-corrected chi connectivity index (χ4v) is 3.69. The van der Waals surface area contributed by atoms with Gasteiger partial charge in [-0.25, -0.2) is 13.8 Å². The highest BCUT2D eigenvalue weighted by molar-refractivity contribution is 7.90. The van der Waals surface area contributed by atoms with Crippen LogP contribution in [0.4, 0.5) is 0 Å². The highest BCUT2D eigenvalue weighted by Gasteiger charge is 2.19. The molecule has 27 heavy (non-hydrogen) atoms. The van der Waals surface area contributed by atoms with Crippen LogP contribution in [0.3, 0.4) is 0 Å². The lowest BCUT2D eigenvalue weighted by atomic mass is 10.1. The lowest BCUT2D eigenvalue weighted by Crippen LogP contribution is -2.16. The Morgan fingerprint density at radius 1 is 1.04 bits per heavy atom. The van der Waals surface area contributed by atoms with Gasteiger partial charge in [-0.1, -0.05) is 42.5 Å². The minimum Gasteiger partial charge on any atom is -0.455 e. The second-order valence-corrected chi connectivity index (χ2v) is 7.88. The first-order chi connectivity index (χ1) is 13.0. The number of nitrogens with zero attached hydrogens (tertiary/aromatic N) is 1. The van der Waals surface area contributed by atoms with Gasteiger partial charge in [0.1, 0.15) is 11.5 Å². The van der Waals surface area contributed by atoms with Crippen molar-refractivity contribution in [2.75, 3.05) is 0 Å². The molecule has 0 aliphatic carbocycles. The number of furan rings is 1. The molecule has 0 saturated carbocycles. The zero-order chi connectivity index (χ0) is 19.3. The summed E-state index contributed by atoms with van der Waals surface area (Å²) in [6.07, 6.45) is 1.54. The summed E-state index contributed by atoms with van der Waals surface area (Å²) in [5.41, 5.74) is 4.28. The largest absolute Gasteiger partial charge is 0.455 e. The van der Waals surface area contributed by atoms with Crippen molar-refractivity contribution in [2.45, 2.75) is 17.6 Å². The molecule has 138 valence electrons. The molecule has 0 fully saturated rings. The Morgan fingerprint density at radius 2 is 1.74 bits per heavy atom. The summed E-state index contributed by atoms with van der Waals surface area (Å²) in [5, 5.41) is 3.91. The van der Waals surface area contributed by atoms with Crippen molar-refractivity contribution in [2.24, 2.45) is 5.10 Å². The van der Waals surface area contributed by atoms with Crippen LogP contribution < -0.4 is 5.43 Å². The van der Waals surface area contributed by atoms with Gasteiger partial charge in [-0.2, -0.15) is 5.10 Å². The maximum Gasteiger partial charge on any atom is 0.307 e. The van der Waals surface area contributed by atoms with E-state index in [1.54, 1.807) is 18.2 Å². The molecular weight excluding hydrogens is 364 g/mol. The fourth-order valence-electron chi connectivity index (χ4n) is 2.42. The van der Waals surface area contributed by atoms with Gasteiger partial charge < -0.3 is 4.42 Å². The standard InChI is InChI=1S/C20H18N2O4S/c1-15-7-5-6-8-16(15)13-21-22-20(23)19-12-11-17(26-19)14-27(24,25)18-9-3-2-4-10-18/h2-13H,14H2,1H3,(H,22,23)/b21-13-. The number of hydrogen-bond acceptors (Lipinski definition) is 5. The van der Waals surface area contributed by atoms with E-state index in [2.05, 4.69) is 10.5 Å². The van der Waals surface area contributed by atoms with Crippen LogP contribution in [-0.2, 0) is 15.6 Å². The molecule has 1 amide bonds. The molecular formula is C20H18N2O4S. The summed E-state index contributed by atoms with van der Waals surface area (Å²) in [7, 11) is -3.54. The quantitative estimate of drug-likeness (QED) is 0.523.